The van der Waals surface area contributed by atoms with Crippen LogP contribution < -0.4 is 16.0 Å². The first kappa shape index (κ1) is 21.7. The largest absolute Gasteiger partial charge is 0.361 e. The minimum atomic E-state index is -0.428. The topological polar surface area (TPSA) is 113 Å². The summed E-state index contributed by atoms with van der Waals surface area (Å²) in [4.78, 5) is 33.4. The molecule has 4 aromatic rings. The molecule has 1 unspecified atom stereocenters. The molecule has 3 aromatic heterocycles. The van der Waals surface area contributed by atoms with Crippen LogP contribution in [0, 0.1) is 12.7 Å². The molecule has 0 radical (unpaired) electrons. The maximum Gasteiger partial charge on any atom is 0.314 e. The van der Waals surface area contributed by atoms with Crippen molar-refractivity contribution >= 4 is 39.6 Å². The number of fused-ring (bicyclic) bond motifs is 2. The summed E-state index contributed by atoms with van der Waals surface area (Å²) in [6.45, 7) is 5.91. The van der Waals surface area contributed by atoms with Gasteiger partial charge in [0.05, 0.1) is 17.1 Å². The van der Waals surface area contributed by atoms with E-state index in [-0.39, 0.29) is 11.9 Å². The second-order valence-corrected chi connectivity index (χ2v) is 8.42. The molecule has 1 fully saturated rings. The second kappa shape index (κ2) is 8.69. The van der Waals surface area contributed by atoms with E-state index in [2.05, 4.69) is 25.2 Å². The fraction of sp³-hybridized carbons (Fsp3) is 0.292. The van der Waals surface area contributed by atoms with E-state index >= 15 is 0 Å². The highest BCUT2D eigenvalue weighted by Gasteiger charge is 2.25. The molecular weight excluding hydrogens is 435 g/mol. The molecule has 5 rings (SSSR count). The number of hydrogen-bond acceptors (Lipinski definition) is 7. The molecule has 0 aliphatic carbocycles. The third-order valence-corrected chi connectivity index (χ3v) is 6.29. The molecule has 1 aliphatic rings. The Morgan fingerprint density at radius 2 is 1.91 bits per heavy atom. The highest BCUT2D eigenvalue weighted by Crippen LogP contribution is 2.33. The zero-order valence-corrected chi connectivity index (χ0v) is 19.0. The lowest BCUT2D eigenvalue weighted by Gasteiger charge is -2.36. The number of hydrogen-bond donors (Lipinski definition) is 2. The van der Waals surface area contributed by atoms with Crippen LogP contribution in [-0.4, -0.2) is 57.0 Å². The molecule has 2 amide bonds. The first-order valence-electron chi connectivity index (χ1n) is 11.1. The van der Waals surface area contributed by atoms with Crippen molar-refractivity contribution in [2.24, 2.45) is 5.73 Å². The van der Waals surface area contributed by atoms with Crippen LogP contribution in [0.25, 0.3) is 21.9 Å². The van der Waals surface area contributed by atoms with Crippen molar-refractivity contribution in [3.05, 3.63) is 59.8 Å². The third-order valence-electron chi connectivity index (χ3n) is 6.29. The molecule has 1 atom stereocenters. The summed E-state index contributed by atoms with van der Waals surface area (Å²) < 4.78 is 14.3. The van der Waals surface area contributed by atoms with Gasteiger partial charge < -0.3 is 20.9 Å². The van der Waals surface area contributed by atoms with E-state index in [4.69, 9.17) is 10.7 Å². The number of benzene rings is 1. The Morgan fingerprint density at radius 3 is 2.68 bits per heavy atom. The maximum absolute atomic E-state index is 14.3. The minimum Gasteiger partial charge on any atom is -0.361 e. The van der Waals surface area contributed by atoms with Crippen molar-refractivity contribution in [3.8, 4) is 0 Å². The second-order valence-electron chi connectivity index (χ2n) is 8.42. The number of carbonyl (C=O) groups excluding carboxylic acids is 1. The Kier molecular flexibility index (Phi) is 5.56. The average molecular weight is 461 g/mol. The number of pyridine rings is 2. The molecular formula is C24H25FN8O. The zero-order chi connectivity index (χ0) is 23.8. The van der Waals surface area contributed by atoms with Gasteiger partial charge in [-0.1, -0.05) is 0 Å². The Bertz CT molecular complexity index is 1380. The number of nitrogens with zero attached hydrogens (tertiary/aromatic N) is 6. The number of halogens is 1. The number of carbonyl (C=O) groups is 1. The van der Waals surface area contributed by atoms with Gasteiger partial charge in [-0.2, -0.15) is 0 Å². The van der Waals surface area contributed by atoms with E-state index in [1.54, 1.807) is 24.1 Å². The summed E-state index contributed by atoms with van der Waals surface area (Å²) in [6, 6.07) is 8.36. The van der Waals surface area contributed by atoms with Crippen molar-refractivity contribution < 1.29 is 9.18 Å². The van der Waals surface area contributed by atoms with Gasteiger partial charge in [-0.15, -0.1) is 0 Å². The van der Waals surface area contributed by atoms with Crippen LogP contribution in [0.5, 0.6) is 0 Å². The number of primary amides is 1. The molecule has 0 bridgehead atoms. The van der Waals surface area contributed by atoms with Crippen molar-refractivity contribution in [1.82, 2.24) is 24.8 Å². The van der Waals surface area contributed by atoms with Gasteiger partial charge in [0.1, 0.15) is 23.5 Å². The quantitative estimate of drug-likeness (QED) is 0.480. The lowest BCUT2D eigenvalue weighted by molar-refractivity contribution is 0.204. The van der Waals surface area contributed by atoms with Crippen LogP contribution in [0.4, 0.5) is 20.8 Å². The average Bonchev–Trinajstić information content (AvgIpc) is 2.86. The van der Waals surface area contributed by atoms with E-state index in [1.807, 2.05) is 25.1 Å². The zero-order valence-electron chi connectivity index (χ0n) is 19.0. The number of nitrogens with two attached hydrogens (primary N) is 1. The molecule has 34 heavy (non-hydrogen) atoms. The van der Waals surface area contributed by atoms with Gasteiger partial charge in [-0.25, -0.2) is 24.1 Å². The monoisotopic (exact) mass is 460 g/mol. The first-order valence-corrected chi connectivity index (χ1v) is 11.1. The molecule has 0 spiro atoms. The molecule has 9 nitrogen and oxygen atoms in total. The molecule has 1 aromatic carbocycles. The number of aromatic nitrogens is 4. The lowest BCUT2D eigenvalue weighted by Crippen LogP contribution is -2.51. The Labute approximate surface area is 195 Å². The highest BCUT2D eigenvalue weighted by molar-refractivity contribution is 5.87. The standard InChI is InChI=1S/C24H25FN8O/c1-14-18(25)6-5-16-12-17(15(2)30-22-21-19(28-13-29-22)4-3-7-27-21)23(31-20(14)16)32-8-10-33(11-9-32)24(26)34/h3-7,12-13,15H,8-11H2,1-2H3,(H2,26,34)(H,28,29,30). The van der Waals surface area contributed by atoms with Crippen molar-refractivity contribution in [1.29, 1.82) is 0 Å². The summed E-state index contributed by atoms with van der Waals surface area (Å²) in [6.07, 6.45) is 3.22. The van der Waals surface area contributed by atoms with Crippen LogP contribution in [0.2, 0.25) is 0 Å². The van der Waals surface area contributed by atoms with Gasteiger partial charge in [-0.05, 0) is 44.2 Å². The van der Waals surface area contributed by atoms with Gasteiger partial charge >= 0.3 is 6.03 Å². The van der Waals surface area contributed by atoms with Crippen molar-refractivity contribution in [2.75, 3.05) is 36.4 Å². The SMILES string of the molecule is Cc1c(F)ccc2cc(C(C)Nc3ncnc4cccnc34)c(N3CCN(C(N)=O)CC3)nc12. The van der Waals surface area contributed by atoms with Gasteiger partial charge in [0.15, 0.2) is 5.82 Å². The number of nitrogens with one attached hydrogen (secondary N) is 1. The van der Waals surface area contributed by atoms with Gasteiger partial charge in [0.25, 0.3) is 0 Å². The molecule has 4 heterocycles. The molecule has 3 N–H and O–H groups in total. The number of aryl methyl sites for hydroxylation is 1. The predicted molar refractivity (Wildman–Crippen MR) is 129 cm³/mol. The predicted octanol–water partition coefficient (Wildman–Crippen LogP) is 3.39. The fourth-order valence-electron chi connectivity index (χ4n) is 4.36. The lowest BCUT2D eigenvalue weighted by atomic mass is 10.0. The third kappa shape index (κ3) is 3.91. The summed E-state index contributed by atoms with van der Waals surface area (Å²) >= 11 is 0. The Balaban J connectivity index is 1.56. The number of urea groups is 1. The van der Waals surface area contributed by atoms with E-state index in [9.17, 15) is 9.18 Å². The minimum absolute atomic E-state index is 0.188. The fourth-order valence-corrected chi connectivity index (χ4v) is 4.36. The smallest absolute Gasteiger partial charge is 0.314 e. The van der Waals surface area contributed by atoms with Crippen molar-refractivity contribution in [2.45, 2.75) is 19.9 Å². The van der Waals surface area contributed by atoms with E-state index in [0.29, 0.717) is 48.6 Å². The Hall–Kier alpha value is -4.08. The van der Waals surface area contributed by atoms with E-state index in [0.717, 1.165) is 22.3 Å². The number of piperazine rings is 1. The van der Waals surface area contributed by atoms with Gasteiger partial charge in [0, 0.05) is 48.9 Å². The molecule has 10 heteroatoms. The first-order chi connectivity index (χ1) is 16.4. The van der Waals surface area contributed by atoms with Crippen LogP contribution in [0.3, 0.4) is 0 Å². The number of amides is 2. The van der Waals surface area contributed by atoms with Crippen molar-refractivity contribution in [3.63, 3.8) is 0 Å². The summed E-state index contributed by atoms with van der Waals surface area (Å²) in [7, 11) is 0. The van der Waals surface area contributed by atoms with Gasteiger partial charge in [-0.3, -0.25) is 4.98 Å². The molecule has 1 saturated heterocycles. The Morgan fingerprint density at radius 1 is 1.12 bits per heavy atom. The van der Waals surface area contributed by atoms with E-state index < -0.39 is 6.03 Å². The van der Waals surface area contributed by atoms with Crippen LogP contribution >= 0.6 is 0 Å². The highest BCUT2D eigenvalue weighted by atomic mass is 19.1. The number of anilines is 2. The summed E-state index contributed by atoms with van der Waals surface area (Å²) in [5.74, 6) is 1.08. The molecule has 1 aliphatic heterocycles. The molecule has 0 saturated carbocycles. The number of rotatable bonds is 4. The normalized spacial score (nSPS) is 15.0. The summed E-state index contributed by atoms with van der Waals surface area (Å²) in [5.41, 5.74) is 8.95. The van der Waals surface area contributed by atoms with Crippen LogP contribution in [0.1, 0.15) is 24.1 Å². The van der Waals surface area contributed by atoms with Gasteiger partial charge in [0.2, 0.25) is 0 Å². The van der Waals surface area contributed by atoms with Crippen LogP contribution in [0.15, 0.2) is 42.9 Å². The maximum atomic E-state index is 14.3. The van der Waals surface area contributed by atoms with Crippen LogP contribution in [-0.2, 0) is 0 Å². The summed E-state index contributed by atoms with van der Waals surface area (Å²) in [5, 5.41) is 4.31. The molecule has 174 valence electrons. The van der Waals surface area contributed by atoms with E-state index in [1.165, 1.54) is 12.4 Å².